The van der Waals surface area contributed by atoms with Crippen LogP contribution in [0, 0.1) is 11.6 Å². The number of halogens is 3. The number of carbonyl (C=O) groups is 2. The molecule has 0 aliphatic rings. The summed E-state index contributed by atoms with van der Waals surface area (Å²) in [6.07, 6.45) is 0.621. The zero-order valence-corrected chi connectivity index (χ0v) is 10.5. The number of benzene rings is 1. The van der Waals surface area contributed by atoms with Gasteiger partial charge >= 0.3 is 5.97 Å². The van der Waals surface area contributed by atoms with Crippen LogP contribution < -0.4 is 5.32 Å². The van der Waals surface area contributed by atoms with Gasteiger partial charge in [-0.05, 0) is 30.5 Å². The van der Waals surface area contributed by atoms with E-state index in [-0.39, 0.29) is 6.42 Å². The van der Waals surface area contributed by atoms with Gasteiger partial charge in [0.2, 0.25) is 5.91 Å². The third-order valence-corrected chi connectivity index (χ3v) is 2.64. The Balaban J connectivity index is 2.38. The van der Waals surface area contributed by atoms with Gasteiger partial charge in [-0.25, -0.2) is 18.0 Å². The smallest absolute Gasteiger partial charge is 0.328 e. The van der Waals surface area contributed by atoms with E-state index in [0.717, 1.165) is 12.1 Å². The molecule has 0 aliphatic carbocycles. The van der Waals surface area contributed by atoms with Gasteiger partial charge < -0.3 is 10.4 Å². The molecule has 0 aliphatic heterocycles. The summed E-state index contributed by atoms with van der Waals surface area (Å²) in [5.74, 6) is -3.95. The van der Waals surface area contributed by atoms with Crippen molar-refractivity contribution in [2.75, 3.05) is 6.67 Å². The number of carboxylic acid groups (broad SMARTS) is 1. The number of hydrogen-bond acceptors (Lipinski definition) is 2. The molecule has 0 bridgehead atoms. The molecule has 1 atom stereocenters. The van der Waals surface area contributed by atoms with Crippen molar-refractivity contribution in [2.45, 2.75) is 25.3 Å². The Hall–Kier alpha value is -2.05. The number of amides is 1. The molecule has 0 radical (unpaired) electrons. The first-order valence-electron chi connectivity index (χ1n) is 5.96. The van der Waals surface area contributed by atoms with Crippen molar-refractivity contribution < 1.29 is 27.9 Å². The maximum absolute atomic E-state index is 12.9. The zero-order chi connectivity index (χ0) is 15.1. The van der Waals surface area contributed by atoms with Crippen LogP contribution in [-0.4, -0.2) is 29.7 Å². The molecule has 1 unspecified atom stereocenters. The average molecular weight is 289 g/mol. The normalized spacial score (nSPS) is 11.9. The minimum Gasteiger partial charge on any atom is -0.480 e. The average Bonchev–Trinajstić information content (AvgIpc) is 2.39. The first-order valence-corrected chi connectivity index (χ1v) is 5.96. The Labute approximate surface area is 113 Å². The van der Waals surface area contributed by atoms with Crippen LogP contribution in [0.3, 0.4) is 0 Å². The molecule has 0 saturated carbocycles. The van der Waals surface area contributed by atoms with Gasteiger partial charge in [-0.3, -0.25) is 4.79 Å². The first kappa shape index (κ1) is 16.0. The summed E-state index contributed by atoms with van der Waals surface area (Å²) in [4.78, 5) is 21.9. The molecule has 110 valence electrons. The van der Waals surface area contributed by atoms with Crippen LogP contribution >= 0.6 is 0 Å². The van der Waals surface area contributed by atoms with Gasteiger partial charge in [0.1, 0.15) is 6.67 Å². The van der Waals surface area contributed by atoms with E-state index in [1.807, 2.05) is 5.32 Å². The van der Waals surface area contributed by atoms with E-state index in [0.29, 0.717) is 18.4 Å². The van der Waals surface area contributed by atoms with Crippen LogP contribution in [-0.2, 0) is 16.0 Å². The van der Waals surface area contributed by atoms with Crippen molar-refractivity contribution in [1.29, 1.82) is 0 Å². The Morgan fingerprint density at radius 1 is 1.25 bits per heavy atom. The molecule has 20 heavy (non-hydrogen) atoms. The monoisotopic (exact) mass is 289 g/mol. The number of aryl methyl sites for hydroxylation is 1. The van der Waals surface area contributed by atoms with Crippen LogP contribution in [0.4, 0.5) is 13.2 Å². The van der Waals surface area contributed by atoms with Crippen molar-refractivity contribution in [2.24, 2.45) is 0 Å². The quantitative estimate of drug-likeness (QED) is 0.804. The Morgan fingerprint density at radius 2 is 1.95 bits per heavy atom. The molecule has 1 aromatic rings. The van der Waals surface area contributed by atoms with E-state index >= 15 is 0 Å². The SMILES string of the molecule is O=C(CCCc1ccc(F)c(F)c1)NC(CF)C(=O)O. The Bertz CT molecular complexity index is 494. The third-order valence-electron chi connectivity index (χ3n) is 2.64. The van der Waals surface area contributed by atoms with Crippen LogP contribution in [0.1, 0.15) is 18.4 Å². The van der Waals surface area contributed by atoms with Crippen molar-refractivity contribution in [3.8, 4) is 0 Å². The number of nitrogens with one attached hydrogen (secondary N) is 1. The van der Waals surface area contributed by atoms with Gasteiger partial charge in [0, 0.05) is 6.42 Å². The van der Waals surface area contributed by atoms with Gasteiger partial charge in [0.15, 0.2) is 17.7 Å². The molecule has 0 heterocycles. The molecule has 0 aromatic heterocycles. The van der Waals surface area contributed by atoms with E-state index < -0.39 is 36.2 Å². The summed E-state index contributed by atoms with van der Waals surface area (Å²) in [7, 11) is 0. The zero-order valence-electron chi connectivity index (χ0n) is 10.5. The molecule has 1 rings (SSSR count). The number of aliphatic carboxylic acids is 1. The second-order valence-electron chi connectivity index (χ2n) is 4.21. The van der Waals surface area contributed by atoms with E-state index in [2.05, 4.69) is 0 Å². The van der Waals surface area contributed by atoms with Gasteiger partial charge in [0.05, 0.1) is 0 Å². The molecule has 4 nitrogen and oxygen atoms in total. The van der Waals surface area contributed by atoms with E-state index in [9.17, 15) is 22.8 Å². The minimum absolute atomic E-state index is 0.0250. The fourth-order valence-corrected chi connectivity index (χ4v) is 1.58. The highest BCUT2D eigenvalue weighted by Crippen LogP contribution is 2.11. The topological polar surface area (TPSA) is 66.4 Å². The number of hydrogen-bond donors (Lipinski definition) is 2. The maximum Gasteiger partial charge on any atom is 0.328 e. The molecular formula is C13H14F3NO3. The van der Waals surface area contributed by atoms with Crippen molar-refractivity contribution in [1.82, 2.24) is 5.32 Å². The molecule has 2 N–H and O–H groups in total. The van der Waals surface area contributed by atoms with E-state index in [1.165, 1.54) is 6.07 Å². The van der Waals surface area contributed by atoms with Gasteiger partial charge in [-0.15, -0.1) is 0 Å². The maximum atomic E-state index is 12.9. The van der Waals surface area contributed by atoms with Crippen LogP contribution in [0.15, 0.2) is 18.2 Å². The van der Waals surface area contributed by atoms with Crippen molar-refractivity contribution in [3.63, 3.8) is 0 Å². The molecule has 1 aromatic carbocycles. The summed E-state index contributed by atoms with van der Waals surface area (Å²) < 4.78 is 37.9. The van der Waals surface area contributed by atoms with E-state index in [1.54, 1.807) is 0 Å². The molecule has 0 spiro atoms. The second kappa shape index (κ2) is 7.52. The lowest BCUT2D eigenvalue weighted by molar-refractivity contribution is -0.142. The predicted octanol–water partition coefficient (Wildman–Crippen LogP) is 1.83. The highest BCUT2D eigenvalue weighted by atomic mass is 19.2. The van der Waals surface area contributed by atoms with Gasteiger partial charge in [-0.2, -0.15) is 0 Å². The van der Waals surface area contributed by atoms with Gasteiger partial charge in [0.25, 0.3) is 0 Å². The lowest BCUT2D eigenvalue weighted by Crippen LogP contribution is -2.42. The molecule has 0 fully saturated rings. The minimum atomic E-state index is -1.55. The number of rotatable bonds is 7. The highest BCUT2D eigenvalue weighted by molar-refractivity contribution is 5.83. The van der Waals surface area contributed by atoms with E-state index in [4.69, 9.17) is 5.11 Å². The number of carboxylic acids is 1. The summed E-state index contributed by atoms with van der Waals surface area (Å²) >= 11 is 0. The first-order chi connectivity index (χ1) is 9.43. The lowest BCUT2D eigenvalue weighted by atomic mass is 10.1. The standard InChI is InChI=1S/C13H14F3NO3/c14-7-11(13(19)20)17-12(18)3-1-2-8-4-5-9(15)10(16)6-8/h4-6,11H,1-3,7H2,(H,17,18)(H,19,20). The molecular weight excluding hydrogens is 275 g/mol. The molecule has 0 saturated heterocycles. The molecule has 7 heteroatoms. The highest BCUT2D eigenvalue weighted by Gasteiger charge is 2.19. The number of carbonyl (C=O) groups excluding carboxylic acids is 1. The van der Waals surface area contributed by atoms with Gasteiger partial charge in [-0.1, -0.05) is 6.07 Å². The second-order valence-corrected chi connectivity index (χ2v) is 4.21. The van der Waals surface area contributed by atoms with Crippen LogP contribution in [0.2, 0.25) is 0 Å². The predicted molar refractivity (Wildman–Crippen MR) is 64.8 cm³/mol. The van der Waals surface area contributed by atoms with Crippen molar-refractivity contribution in [3.05, 3.63) is 35.4 Å². The Morgan fingerprint density at radius 3 is 2.50 bits per heavy atom. The summed E-state index contributed by atoms with van der Waals surface area (Å²) in [6.45, 7) is -1.19. The Kier molecular flexibility index (Phi) is 6.02. The van der Waals surface area contributed by atoms with Crippen LogP contribution in [0.5, 0.6) is 0 Å². The third kappa shape index (κ3) is 4.91. The fraction of sp³-hybridized carbons (Fsp3) is 0.385. The van der Waals surface area contributed by atoms with Crippen molar-refractivity contribution >= 4 is 11.9 Å². The van der Waals surface area contributed by atoms with Crippen LogP contribution in [0.25, 0.3) is 0 Å². The molecule has 1 amide bonds. The number of alkyl halides is 1. The summed E-state index contributed by atoms with van der Waals surface area (Å²) in [5, 5.41) is 10.6. The summed E-state index contributed by atoms with van der Waals surface area (Å²) in [6, 6.07) is 1.88. The summed E-state index contributed by atoms with van der Waals surface area (Å²) in [5.41, 5.74) is 0.525. The lowest BCUT2D eigenvalue weighted by Gasteiger charge is -2.10. The fourth-order valence-electron chi connectivity index (χ4n) is 1.58. The largest absolute Gasteiger partial charge is 0.480 e.